The standard InChI is InChI=1S/C8H13NO2/c1-2-5-9-7(8(10)11)6-3-4-6/h2,6-7,9H,1,3-5H2,(H,10,11). The largest absolute Gasteiger partial charge is 0.480 e. The van der Waals surface area contributed by atoms with Crippen molar-refractivity contribution in [1.82, 2.24) is 5.32 Å². The molecule has 62 valence electrons. The molecule has 1 unspecified atom stereocenters. The maximum atomic E-state index is 10.6. The van der Waals surface area contributed by atoms with E-state index in [-0.39, 0.29) is 6.04 Å². The summed E-state index contributed by atoms with van der Waals surface area (Å²) in [5.74, 6) is -0.387. The van der Waals surface area contributed by atoms with Crippen LogP contribution in [-0.2, 0) is 4.79 Å². The molecule has 3 heteroatoms. The lowest BCUT2D eigenvalue weighted by Crippen LogP contribution is -2.38. The molecule has 1 aliphatic rings. The van der Waals surface area contributed by atoms with Crippen molar-refractivity contribution < 1.29 is 9.90 Å². The summed E-state index contributed by atoms with van der Waals surface area (Å²) in [6, 6.07) is -0.354. The predicted molar refractivity (Wildman–Crippen MR) is 42.3 cm³/mol. The molecule has 0 aromatic heterocycles. The van der Waals surface area contributed by atoms with Gasteiger partial charge in [-0.25, -0.2) is 0 Å². The van der Waals surface area contributed by atoms with E-state index in [0.29, 0.717) is 12.5 Å². The molecule has 0 heterocycles. The number of hydrogen-bond acceptors (Lipinski definition) is 2. The Morgan fingerprint density at radius 2 is 2.45 bits per heavy atom. The molecule has 1 saturated carbocycles. The van der Waals surface area contributed by atoms with Crippen LogP contribution >= 0.6 is 0 Å². The summed E-state index contributed by atoms with van der Waals surface area (Å²) in [6.45, 7) is 4.09. The van der Waals surface area contributed by atoms with Gasteiger partial charge in [-0.1, -0.05) is 6.08 Å². The zero-order valence-corrected chi connectivity index (χ0v) is 6.42. The molecular formula is C8H13NO2. The highest BCUT2D eigenvalue weighted by atomic mass is 16.4. The average Bonchev–Trinajstić information content (AvgIpc) is 2.71. The van der Waals surface area contributed by atoms with E-state index in [1.54, 1.807) is 6.08 Å². The second kappa shape index (κ2) is 3.53. The highest BCUT2D eigenvalue weighted by Crippen LogP contribution is 2.32. The van der Waals surface area contributed by atoms with Gasteiger partial charge in [0.05, 0.1) is 0 Å². The van der Waals surface area contributed by atoms with Gasteiger partial charge in [0, 0.05) is 6.54 Å². The van der Waals surface area contributed by atoms with Crippen molar-refractivity contribution in [2.24, 2.45) is 5.92 Å². The fourth-order valence-electron chi connectivity index (χ4n) is 1.10. The van der Waals surface area contributed by atoms with Crippen LogP contribution in [-0.4, -0.2) is 23.7 Å². The molecule has 0 aromatic rings. The molecule has 0 spiro atoms. The number of aliphatic carboxylic acids is 1. The van der Waals surface area contributed by atoms with Crippen LogP contribution in [0.25, 0.3) is 0 Å². The third-order valence-electron chi connectivity index (χ3n) is 1.84. The van der Waals surface area contributed by atoms with Gasteiger partial charge in [0.2, 0.25) is 0 Å². The Morgan fingerprint density at radius 1 is 1.82 bits per heavy atom. The SMILES string of the molecule is C=CCNC(C(=O)O)C1CC1. The van der Waals surface area contributed by atoms with Crippen molar-refractivity contribution in [3.8, 4) is 0 Å². The highest BCUT2D eigenvalue weighted by molar-refractivity contribution is 5.74. The molecule has 0 aliphatic heterocycles. The summed E-state index contributed by atoms with van der Waals surface area (Å²) in [6.07, 6.45) is 3.76. The van der Waals surface area contributed by atoms with E-state index >= 15 is 0 Å². The van der Waals surface area contributed by atoms with Crippen molar-refractivity contribution >= 4 is 5.97 Å². The topological polar surface area (TPSA) is 49.3 Å². The van der Waals surface area contributed by atoms with Gasteiger partial charge in [-0.05, 0) is 18.8 Å². The van der Waals surface area contributed by atoms with E-state index in [2.05, 4.69) is 11.9 Å². The van der Waals surface area contributed by atoms with Crippen LogP contribution < -0.4 is 5.32 Å². The normalized spacial score (nSPS) is 19.3. The molecule has 0 bridgehead atoms. The van der Waals surface area contributed by atoms with E-state index in [0.717, 1.165) is 12.8 Å². The third-order valence-corrected chi connectivity index (χ3v) is 1.84. The van der Waals surface area contributed by atoms with Gasteiger partial charge < -0.3 is 10.4 Å². The van der Waals surface area contributed by atoms with Gasteiger partial charge in [0.1, 0.15) is 6.04 Å². The summed E-state index contributed by atoms with van der Waals surface area (Å²) < 4.78 is 0. The number of carboxylic acids is 1. The molecule has 0 radical (unpaired) electrons. The molecular weight excluding hydrogens is 142 g/mol. The second-order valence-corrected chi connectivity index (χ2v) is 2.85. The summed E-state index contributed by atoms with van der Waals surface area (Å²) in [7, 11) is 0. The van der Waals surface area contributed by atoms with Gasteiger partial charge in [-0.2, -0.15) is 0 Å². The van der Waals surface area contributed by atoms with Crippen LogP contribution in [0.5, 0.6) is 0 Å². The van der Waals surface area contributed by atoms with Crippen LogP contribution in [0.4, 0.5) is 0 Å². The minimum Gasteiger partial charge on any atom is -0.480 e. The first-order chi connectivity index (χ1) is 5.25. The Bertz CT molecular complexity index is 163. The lowest BCUT2D eigenvalue weighted by atomic mass is 10.2. The smallest absolute Gasteiger partial charge is 0.320 e. The predicted octanol–water partition coefficient (Wildman–Crippen LogP) is 0.625. The van der Waals surface area contributed by atoms with Gasteiger partial charge >= 0.3 is 5.97 Å². The number of carbonyl (C=O) groups is 1. The van der Waals surface area contributed by atoms with E-state index in [4.69, 9.17) is 5.11 Å². The Kier molecular flexibility index (Phi) is 2.65. The lowest BCUT2D eigenvalue weighted by molar-refractivity contribution is -0.139. The molecule has 1 atom stereocenters. The summed E-state index contributed by atoms with van der Waals surface area (Å²) >= 11 is 0. The van der Waals surface area contributed by atoms with Crippen molar-refractivity contribution in [3.63, 3.8) is 0 Å². The number of nitrogens with one attached hydrogen (secondary N) is 1. The first-order valence-electron chi connectivity index (χ1n) is 3.82. The van der Waals surface area contributed by atoms with Crippen LogP contribution in [0.2, 0.25) is 0 Å². The zero-order chi connectivity index (χ0) is 8.27. The highest BCUT2D eigenvalue weighted by Gasteiger charge is 2.35. The first-order valence-corrected chi connectivity index (χ1v) is 3.82. The van der Waals surface area contributed by atoms with E-state index < -0.39 is 5.97 Å². The van der Waals surface area contributed by atoms with Gasteiger partial charge in [-0.3, -0.25) is 4.79 Å². The minimum atomic E-state index is -0.741. The van der Waals surface area contributed by atoms with Gasteiger partial charge in [-0.15, -0.1) is 6.58 Å². The van der Waals surface area contributed by atoms with Crippen molar-refractivity contribution in [2.75, 3.05) is 6.54 Å². The van der Waals surface area contributed by atoms with Crippen LogP contribution in [0, 0.1) is 5.92 Å². The van der Waals surface area contributed by atoms with Crippen LogP contribution in [0.3, 0.4) is 0 Å². The van der Waals surface area contributed by atoms with Gasteiger partial charge in [0.15, 0.2) is 0 Å². The second-order valence-electron chi connectivity index (χ2n) is 2.85. The maximum Gasteiger partial charge on any atom is 0.320 e. The minimum absolute atomic E-state index is 0.354. The maximum absolute atomic E-state index is 10.6. The molecule has 1 fully saturated rings. The van der Waals surface area contributed by atoms with Crippen molar-refractivity contribution in [1.29, 1.82) is 0 Å². The molecule has 0 amide bonds. The summed E-state index contributed by atoms with van der Waals surface area (Å²) in [5, 5.41) is 11.6. The molecule has 3 nitrogen and oxygen atoms in total. The molecule has 0 saturated heterocycles. The Hall–Kier alpha value is -0.830. The third kappa shape index (κ3) is 2.35. The summed E-state index contributed by atoms with van der Waals surface area (Å²) in [4.78, 5) is 10.6. The molecule has 1 rings (SSSR count). The van der Waals surface area contributed by atoms with Crippen LogP contribution in [0.15, 0.2) is 12.7 Å². The number of hydrogen-bond donors (Lipinski definition) is 2. The Morgan fingerprint density at radius 3 is 2.82 bits per heavy atom. The zero-order valence-electron chi connectivity index (χ0n) is 6.42. The molecule has 1 aliphatic carbocycles. The number of carboxylic acid groups (broad SMARTS) is 1. The quantitative estimate of drug-likeness (QED) is 0.572. The molecule has 11 heavy (non-hydrogen) atoms. The molecule has 0 aromatic carbocycles. The fourth-order valence-corrected chi connectivity index (χ4v) is 1.10. The molecule has 2 N–H and O–H groups in total. The lowest BCUT2D eigenvalue weighted by Gasteiger charge is -2.10. The van der Waals surface area contributed by atoms with Crippen molar-refractivity contribution in [3.05, 3.63) is 12.7 Å². The fraction of sp³-hybridized carbons (Fsp3) is 0.625. The van der Waals surface area contributed by atoms with Gasteiger partial charge in [0.25, 0.3) is 0 Å². The summed E-state index contributed by atoms with van der Waals surface area (Å²) in [5.41, 5.74) is 0. The Labute approximate surface area is 66.1 Å². The monoisotopic (exact) mass is 155 g/mol. The van der Waals surface area contributed by atoms with Crippen molar-refractivity contribution in [2.45, 2.75) is 18.9 Å². The Balaban J connectivity index is 2.32. The van der Waals surface area contributed by atoms with E-state index in [9.17, 15) is 4.79 Å². The first kappa shape index (κ1) is 8.27. The van der Waals surface area contributed by atoms with E-state index in [1.807, 2.05) is 0 Å². The van der Waals surface area contributed by atoms with Crippen LogP contribution in [0.1, 0.15) is 12.8 Å². The number of rotatable bonds is 5. The van der Waals surface area contributed by atoms with E-state index in [1.165, 1.54) is 0 Å². The average molecular weight is 155 g/mol.